The lowest BCUT2D eigenvalue weighted by Gasteiger charge is -2.35. The second-order valence-electron chi connectivity index (χ2n) is 5.72. The van der Waals surface area contributed by atoms with Crippen molar-refractivity contribution in [3.8, 4) is 0 Å². The summed E-state index contributed by atoms with van der Waals surface area (Å²) in [6, 6.07) is 5.54. The standard InChI is InChI=1S/C15H22ClN3O/c1-10(2)11-5-7-19(8-6-11)14-4-3-12(9-13(14)16)15(17)18-20/h3-4,9-11,20H,5-8H2,1-2H3,(H2,17,18). The van der Waals surface area contributed by atoms with Crippen LogP contribution in [0.2, 0.25) is 5.02 Å². The summed E-state index contributed by atoms with van der Waals surface area (Å²) in [5.41, 5.74) is 7.24. The van der Waals surface area contributed by atoms with Gasteiger partial charge in [0.15, 0.2) is 5.84 Å². The largest absolute Gasteiger partial charge is 0.409 e. The molecule has 110 valence electrons. The van der Waals surface area contributed by atoms with Gasteiger partial charge in [-0.25, -0.2) is 0 Å². The van der Waals surface area contributed by atoms with Crippen molar-refractivity contribution in [1.29, 1.82) is 0 Å². The number of oxime groups is 1. The topological polar surface area (TPSA) is 61.8 Å². The molecule has 5 heteroatoms. The number of nitrogens with zero attached hydrogens (tertiary/aromatic N) is 2. The number of benzene rings is 1. The molecule has 0 atom stereocenters. The van der Waals surface area contributed by atoms with Gasteiger partial charge in [-0.1, -0.05) is 30.6 Å². The molecular weight excluding hydrogens is 274 g/mol. The summed E-state index contributed by atoms with van der Waals surface area (Å²) in [7, 11) is 0. The number of hydrogen-bond donors (Lipinski definition) is 2. The van der Waals surface area contributed by atoms with Crippen LogP contribution in [0.3, 0.4) is 0 Å². The molecule has 4 nitrogen and oxygen atoms in total. The van der Waals surface area contributed by atoms with Crippen molar-refractivity contribution in [3.05, 3.63) is 28.8 Å². The van der Waals surface area contributed by atoms with Gasteiger partial charge in [-0.2, -0.15) is 0 Å². The molecule has 1 saturated heterocycles. The molecule has 0 spiro atoms. The molecule has 1 aromatic rings. The number of halogens is 1. The van der Waals surface area contributed by atoms with Crippen LogP contribution in [0.1, 0.15) is 32.3 Å². The molecule has 1 aliphatic rings. The van der Waals surface area contributed by atoms with E-state index in [1.165, 1.54) is 12.8 Å². The summed E-state index contributed by atoms with van der Waals surface area (Å²) < 4.78 is 0. The molecule has 0 aliphatic carbocycles. The number of nitrogens with two attached hydrogens (primary N) is 1. The molecule has 0 saturated carbocycles. The predicted octanol–water partition coefficient (Wildman–Crippen LogP) is 3.31. The van der Waals surface area contributed by atoms with E-state index in [9.17, 15) is 0 Å². The maximum Gasteiger partial charge on any atom is 0.170 e. The Balaban J connectivity index is 2.11. The molecule has 0 amide bonds. The summed E-state index contributed by atoms with van der Waals surface area (Å²) in [5.74, 6) is 1.63. The van der Waals surface area contributed by atoms with Gasteiger partial charge in [0.1, 0.15) is 0 Å². The van der Waals surface area contributed by atoms with Crippen LogP contribution in [0.15, 0.2) is 23.4 Å². The number of amidine groups is 1. The third-order valence-electron chi connectivity index (χ3n) is 4.17. The van der Waals surface area contributed by atoms with Crippen LogP contribution in [-0.4, -0.2) is 24.1 Å². The quantitative estimate of drug-likeness (QED) is 0.389. The molecular formula is C15H22ClN3O. The van der Waals surface area contributed by atoms with Crippen LogP contribution in [-0.2, 0) is 0 Å². The van der Waals surface area contributed by atoms with Crippen LogP contribution in [0.25, 0.3) is 0 Å². The molecule has 1 fully saturated rings. The summed E-state index contributed by atoms with van der Waals surface area (Å²) >= 11 is 6.33. The number of rotatable bonds is 3. The monoisotopic (exact) mass is 295 g/mol. The van der Waals surface area contributed by atoms with E-state index in [1.807, 2.05) is 12.1 Å². The molecule has 0 bridgehead atoms. The summed E-state index contributed by atoms with van der Waals surface area (Å²) in [4.78, 5) is 2.32. The van der Waals surface area contributed by atoms with Gasteiger partial charge < -0.3 is 15.8 Å². The molecule has 20 heavy (non-hydrogen) atoms. The highest BCUT2D eigenvalue weighted by atomic mass is 35.5. The summed E-state index contributed by atoms with van der Waals surface area (Å²) in [6.45, 7) is 6.65. The first-order valence-corrected chi connectivity index (χ1v) is 7.43. The predicted molar refractivity (Wildman–Crippen MR) is 83.7 cm³/mol. The van der Waals surface area contributed by atoms with Crippen LogP contribution in [0.5, 0.6) is 0 Å². The lowest BCUT2D eigenvalue weighted by atomic mass is 9.86. The maximum absolute atomic E-state index is 8.69. The van der Waals surface area contributed by atoms with E-state index in [4.69, 9.17) is 22.5 Å². The lowest BCUT2D eigenvalue weighted by molar-refractivity contribution is 0.311. The number of anilines is 1. The van der Waals surface area contributed by atoms with Gasteiger partial charge in [0.05, 0.1) is 10.7 Å². The third kappa shape index (κ3) is 3.18. The number of hydrogen-bond acceptors (Lipinski definition) is 3. The minimum atomic E-state index is 0.0805. The highest BCUT2D eigenvalue weighted by Gasteiger charge is 2.22. The normalized spacial score (nSPS) is 17.8. The van der Waals surface area contributed by atoms with E-state index in [0.29, 0.717) is 10.6 Å². The van der Waals surface area contributed by atoms with Crippen molar-refractivity contribution in [1.82, 2.24) is 0 Å². The fraction of sp³-hybridized carbons (Fsp3) is 0.533. The zero-order valence-electron chi connectivity index (χ0n) is 12.0. The second-order valence-corrected chi connectivity index (χ2v) is 6.13. The smallest absolute Gasteiger partial charge is 0.170 e. The van der Waals surface area contributed by atoms with Crippen LogP contribution >= 0.6 is 11.6 Å². The van der Waals surface area contributed by atoms with E-state index in [0.717, 1.165) is 30.6 Å². The fourth-order valence-corrected chi connectivity index (χ4v) is 3.09. The van der Waals surface area contributed by atoms with E-state index in [-0.39, 0.29) is 5.84 Å². The molecule has 1 aliphatic heterocycles. The Kier molecular flexibility index (Phi) is 4.76. The van der Waals surface area contributed by atoms with Gasteiger partial charge >= 0.3 is 0 Å². The molecule has 1 aromatic carbocycles. The highest BCUT2D eigenvalue weighted by Crippen LogP contribution is 2.32. The van der Waals surface area contributed by atoms with Gasteiger partial charge in [-0.05, 0) is 42.9 Å². The zero-order valence-corrected chi connectivity index (χ0v) is 12.8. The minimum absolute atomic E-state index is 0.0805. The molecule has 0 unspecified atom stereocenters. The second kappa shape index (κ2) is 6.35. The Morgan fingerprint density at radius 1 is 1.40 bits per heavy atom. The van der Waals surface area contributed by atoms with E-state index < -0.39 is 0 Å². The van der Waals surface area contributed by atoms with Gasteiger partial charge in [0.2, 0.25) is 0 Å². The van der Waals surface area contributed by atoms with Crippen molar-refractivity contribution >= 4 is 23.1 Å². The zero-order chi connectivity index (χ0) is 14.7. The van der Waals surface area contributed by atoms with Crippen molar-refractivity contribution in [2.24, 2.45) is 22.7 Å². The van der Waals surface area contributed by atoms with Crippen molar-refractivity contribution < 1.29 is 5.21 Å². The van der Waals surface area contributed by atoms with E-state index >= 15 is 0 Å². The van der Waals surface area contributed by atoms with E-state index in [2.05, 4.69) is 23.9 Å². The third-order valence-corrected chi connectivity index (χ3v) is 4.48. The molecule has 0 aromatic heterocycles. The summed E-state index contributed by atoms with van der Waals surface area (Å²) in [6.07, 6.45) is 2.41. The average molecular weight is 296 g/mol. The first-order chi connectivity index (χ1) is 9.52. The lowest BCUT2D eigenvalue weighted by Crippen LogP contribution is -2.35. The van der Waals surface area contributed by atoms with Crippen molar-refractivity contribution in [2.75, 3.05) is 18.0 Å². The molecule has 1 heterocycles. The number of piperidine rings is 1. The molecule has 3 N–H and O–H groups in total. The SMILES string of the molecule is CC(C)C1CCN(c2ccc(/C(N)=N/O)cc2Cl)CC1. The Bertz CT molecular complexity index is 494. The van der Waals surface area contributed by atoms with Crippen molar-refractivity contribution in [2.45, 2.75) is 26.7 Å². The van der Waals surface area contributed by atoms with Crippen LogP contribution in [0, 0.1) is 11.8 Å². The Morgan fingerprint density at radius 3 is 2.55 bits per heavy atom. The van der Waals surface area contributed by atoms with E-state index in [1.54, 1.807) is 6.07 Å². The van der Waals surface area contributed by atoms with Gasteiger partial charge in [-0.15, -0.1) is 0 Å². The van der Waals surface area contributed by atoms with Gasteiger partial charge in [0.25, 0.3) is 0 Å². The van der Waals surface area contributed by atoms with Crippen LogP contribution in [0.4, 0.5) is 5.69 Å². The summed E-state index contributed by atoms with van der Waals surface area (Å²) in [5, 5.41) is 12.3. The average Bonchev–Trinajstić information content (AvgIpc) is 2.46. The Hall–Kier alpha value is -1.42. The first kappa shape index (κ1) is 15.0. The van der Waals surface area contributed by atoms with Gasteiger partial charge in [-0.3, -0.25) is 0 Å². The Labute approximate surface area is 125 Å². The highest BCUT2D eigenvalue weighted by molar-refractivity contribution is 6.33. The Morgan fingerprint density at radius 2 is 2.05 bits per heavy atom. The minimum Gasteiger partial charge on any atom is -0.409 e. The van der Waals surface area contributed by atoms with Crippen molar-refractivity contribution in [3.63, 3.8) is 0 Å². The van der Waals surface area contributed by atoms with Crippen LogP contribution < -0.4 is 10.6 Å². The maximum atomic E-state index is 8.69. The first-order valence-electron chi connectivity index (χ1n) is 7.05. The van der Waals surface area contributed by atoms with Gasteiger partial charge in [0, 0.05) is 18.7 Å². The molecule has 0 radical (unpaired) electrons. The molecule has 2 rings (SSSR count). The fourth-order valence-electron chi connectivity index (χ4n) is 2.79.